The van der Waals surface area contributed by atoms with E-state index in [0.717, 1.165) is 12.8 Å². The van der Waals surface area contributed by atoms with E-state index >= 15 is 0 Å². The number of hydrogen-bond acceptors (Lipinski definition) is 3. The van der Waals surface area contributed by atoms with Crippen molar-refractivity contribution >= 4 is 56.3 Å². The fraction of sp³-hybridized carbons (Fsp3) is 0.106. The van der Waals surface area contributed by atoms with Gasteiger partial charge in [0.2, 0.25) is 0 Å². The molecule has 250 valence electrons. The molecule has 4 heteroatoms. The molecule has 0 bridgehead atoms. The van der Waals surface area contributed by atoms with Crippen LogP contribution in [0.2, 0.25) is 0 Å². The number of anilines is 4. The Morgan fingerprint density at radius 1 is 0.392 bits per heavy atom. The van der Waals surface area contributed by atoms with Crippen LogP contribution in [0.15, 0.2) is 180 Å². The van der Waals surface area contributed by atoms with E-state index in [4.69, 9.17) is 0 Å². The SMILES string of the molecule is CN1c2ccccc2CCc2ccccc21.CN1c2ccccc2Sc2ccccc21.Cn1c2ccccc2c2cc(-c3ccccc3)ccc21. The van der Waals surface area contributed by atoms with Gasteiger partial charge < -0.3 is 14.4 Å². The third-order valence-corrected chi connectivity index (χ3v) is 11.2. The number of aryl methyl sites for hydroxylation is 3. The van der Waals surface area contributed by atoms with Crippen LogP contribution in [0.25, 0.3) is 32.9 Å². The molecule has 0 saturated carbocycles. The zero-order valence-corrected chi connectivity index (χ0v) is 30.1. The largest absolute Gasteiger partial charge is 0.344 e. The lowest BCUT2D eigenvalue weighted by atomic mass is 10.0. The van der Waals surface area contributed by atoms with Crippen molar-refractivity contribution in [2.75, 3.05) is 23.9 Å². The molecular weight excluding hydrogens is 639 g/mol. The number of hydrogen-bond donors (Lipinski definition) is 0. The molecule has 1 aromatic heterocycles. The molecule has 0 amide bonds. The molecule has 0 N–H and O–H groups in total. The molecule has 0 atom stereocenters. The van der Waals surface area contributed by atoms with Gasteiger partial charge in [0.05, 0.1) is 11.4 Å². The third kappa shape index (κ3) is 6.40. The predicted octanol–water partition coefficient (Wildman–Crippen LogP) is 12.5. The number of benzene rings is 7. The molecular formula is C47H41N3S. The first-order valence-corrected chi connectivity index (χ1v) is 18.4. The summed E-state index contributed by atoms with van der Waals surface area (Å²) < 4.78 is 2.26. The molecule has 0 fully saturated rings. The van der Waals surface area contributed by atoms with E-state index in [1.165, 1.54) is 76.6 Å². The van der Waals surface area contributed by atoms with Gasteiger partial charge >= 0.3 is 0 Å². The summed E-state index contributed by atoms with van der Waals surface area (Å²) in [6.07, 6.45) is 2.27. The summed E-state index contributed by atoms with van der Waals surface area (Å²) in [5.41, 5.74) is 13.3. The molecule has 3 nitrogen and oxygen atoms in total. The van der Waals surface area contributed by atoms with E-state index in [0.29, 0.717) is 0 Å². The first kappa shape index (κ1) is 32.5. The smallest absolute Gasteiger partial charge is 0.0550 e. The second-order valence-corrected chi connectivity index (χ2v) is 14.2. The first-order valence-electron chi connectivity index (χ1n) is 17.6. The lowest BCUT2D eigenvalue weighted by molar-refractivity contribution is 0.977. The minimum absolute atomic E-state index is 1.14. The summed E-state index contributed by atoms with van der Waals surface area (Å²) in [5, 5.41) is 2.65. The van der Waals surface area contributed by atoms with Crippen LogP contribution in [-0.4, -0.2) is 18.7 Å². The van der Waals surface area contributed by atoms with E-state index in [1.807, 2.05) is 11.8 Å². The third-order valence-electron chi connectivity index (χ3n) is 10.1. The predicted molar refractivity (Wildman–Crippen MR) is 219 cm³/mol. The Hall–Kier alpha value is -5.71. The van der Waals surface area contributed by atoms with Crippen molar-refractivity contribution in [2.45, 2.75) is 22.6 Å². The Balaban J connectivity index is 0.000000111. The average Bonchev–Trinajstić information content (AvgIpc) is 3.39. The van der Waals surface area contributed by atoms with Crippen LogP contribution in [0.4, 0.5) is 22.7 Å². The standard InChI is InChI=1S/C19H15N.C15H15N.C13H11NS/c1-20-18-10-6-5-9-16(18)17-13-15(11-12-19(17)20)14-7-3-2-4-8-14;1-16-14-8-4-2-6-12(14)10-11-13-7-3-5-9-15(13)16;1-14-10-6-2-4-8-12(10)15-13-9-5-3-7-11(13)14/h2-13H,1H3;2-9H,10-11H2,1H3;2-9H,1H3. The van der Waals surface area contributed by atoms with E-state index in [-0.39, 0.29) is 0 Å². The fourth-order valence-corrected chi connectivity index (χ4v) is 8.51. The highest BCUT2D eigenvalue weighted by Crippen LogP contribution is 2.46. The quantitative estimate of drug-likeness (QED) is 0.171. The van der Waals surface area contributed by atoms with Crippen molar-refractivity contribution in [3.8, 4) is 11.1 Å². The lowest BCUT2D eigenvalue weighted by Gasteiger charge is -2.29. The monoisotopic (exact) mass is 679 g/mol. The second kappa shape index (κ2) is 14.3. The summed E-state index contributed by atoms with van der Waals surface area (Å²) in [7, 11) is 6.41. The highest BCUT2D eigenvalue weighted by Gasteiger charge is 2.19. The van der Waals surface area contributed by atoms with Crippen molar-refractivity contribution in [2.24, 2.45) is 7.05 Å². The minimum atomic E-state index is 1.14. The van der Waals surface area contributed by atoms with Crippen LogP contribution in [0, 0.1) is 0 Å². The fourth-order valence-electron chi connectivity index (χ4n) is 7.37. The van der Waals surface area contributed by atoms with Gasteiger partial charge in [-0.05, 0) is 89.7 Å². The van der Waals surface area contributed by atoms with Gasteiger partial charge in [-0.3, -0.25) is 0 Å². The molecule has 10 rings (SSSR count). The summed E-state index contributed by atoms with van der Waals surface area (Å²) in [5.74, 6) is 0. The van der Waals surface area contributed by atoms with Crippen molar-refractivity contribution in [3.05, 3.63) is 181 Å². The van der Waals surface area contributed by atoms with Crippen LogP contribution < -0.4 is 9.80 Å². The van der Waals surface area contributed by atoms with Gasteiger partial charge in [-0.2, -0.15) is 0 Å². The molecule has 51 heavy (non-hydrogen) atoms. The summed E-state index contributed by atoms with van der Waals surface area (Å²) in [6.45, 7) is 0. The molecule has 2 aliphatic heterocycles. The van der Waals surface area contributed by atoms with Crippen LogP contribution in [0.1, 0.15) is 11.1 Å². The average molecular weight is 680 g/mol. The van der Waals surface area contributed by atoms with Crippen LogP contribution in [0.5, 0.6) is 0 Å². The molecule has 0 spiro atoms. The molecule has 3 heterocycles. The molecule has 2 aliphatic rings. The topological polar surface area (TPSA) is 11.4 Å². The number of aromatic nitrogens is 1. The van der Waals surface area contributed by atoms with Crippen LogP contribution in [-0.2, 0) is 19.9 Å². The number of para-hydroxylation sites is 5. The Morgan fingerprint density at radius 3 is 1.49 bits per heavy atom. The highest BCUT2D eigenvalue weighted by atomic mass is 32.2. The Labute approximate surface area is 305 Å². The van der Waals surface area contributed by atoms with E-state index in [2.05, 4.69) is 205 Å². The number of rotatable bonds is 1. The van der Waals surface area contributed by atoms with Crippen molar-refractivity contribution in [3.63, 3.8) is 0 Å². The normalized spacial score (nSPS) is 12.7. The van der Waals surface area contributed by atoms with Gasteiger partial charge in [-0.15, -0.1) is 0 Å². The molecule has 0 saturated heterocycles. The van der Waals surface area contributed by atoms with Crippen LogP contribution >= 0.6 is 11.8 Å². The maximum absolute atomic E-state index is 2.30. The Morgan fingerprint density at radius 2 is 0.863 bits per heavy atom. The van der Waals surface area contributed by atoms with Gasteiger partial charge in [0.25, 0.3) is 0 Å². The van der Waals surface area contributed by atoms with Crippen molar-refractivity contribution in [1.29, 1.82) is 0 Å². The summed E-state index contributed by atoms with van der Waals surface area (Å²) >= 11 is 1.84. The second-order valence-electron chi connectivity index (χ2n) is 13.1. The first-order chi connectivity index (χ1) is 25.1. The molecule has 0 unspecified atom stereocenters. The van der Waals surface area contributed by atoms with E-state index in [1.54, 1.807) is 0 Å². The van der Waals surface area contributed by atoms with Gasteiger partial charge in [-0.25, -0.2) is 0 Å². The summed E-state index contributed by atoms with van der Waals surface area (Å²) in [4.78, 5) is 7.22. The number of fused-ring (bicyclic) bond motifs is 7. The maximum atomic E-state index is 2.30. The summed E-state index contributed by atoms with van der Waals surface area (Å²) in [6, 6.07) is 60.2. The van der Waals surface area contributed by atoms with Gasteiger partial charge in [0.15, 0.2) is 0 Å². The van der Waals surface area contributed by atoms with Crippen LogP contribution in [0.3, 0.4) is 0 Å². The molecule has 8 aromatic rings. The zero-order chi connectivity index (χ0) is 34.7. The Bertz CT molecular complexity index is 2370. The molecule has 7 aromatic carbocycles. The van der Waals surface area contributed by atoms with Gasteiger partial charge in [-0.1, -0.05) is 127 Å². The van der Waals surface area contributed by atoms with Crippen molar-refractivity contribution < 1.29 is 0 Å². The highest BCUT2D eigenvalue weighted by molar-refractivity contribution is 7.99. The molecule has 0 aliphatic carbocycles. The lowest BCUT2D eigenvalue weighted by Crippen LogP contribution is -2.14. The zero-order valence-electron chi connectivity index (χ0n) is 29.3. The maximum Gasteiger partial charge on any atom is 0.0550 e. The van der Waals surface area contributed by atoms with Gasteiger partial charge in [0.1, 0.15) is 0 Å². The van der Waals surface area contributed by atoms with E-state index < -0.39 is 0 Å². The van der Waals surface area contributed by atoms with Gasteiger partial charge in [0, 0.05) is 64.1 Å². The molecule has 0 radical (unpaired) electrons. The number of nitrogens with zero attached hydrogens (tertiary/aromatic N) is 3. The van der Waals surface area contributed by atoms with E-state index in [9.17, 15) is 0 Å². The minimum Gasteiger partial charge on any atom is -0.344 e. The van der Waals surface area contributed by atoms with Crippen molar-refractivity contribution in [1.82, 2.24) is 4.57 Å². The Kier molecular flexibility index (Phi) is 9.09.